The minimum Gasteiger partial charge on any atom is -0.388 e. The molecule has 0 spiro atoms. The monoisotopic (exact) mass is 233 g/mol. The number of carbonyl (C=O) groups is 1. The van der Waals surface area contributed by atoms with E-state index in [2.05, 4.69) is 4.90 Å². The average molecular weight is 233 g/mol. The third-order valence-corrected chi connectivity index (χ3v) is 3.32. The first kappa shape index (κ1) is 12.1. The molecule has 1 aromatic carbocycles. The molecule has 1 N–H and O–H groups in total. The standard InChI is InChI=1S/C14H19NO2/c1-3-13(16)11-6-4-5-7-12(11)15-9-8-14(2,17)10-15/h4-7,17H,3,8-10H2,1-2H3. The third kappa shape index (κ3) is 2.50. The molecule has 17 heavy (non-hydrogen) atoms. The number of para-hydroxylation sites is 1. The van der Waals surface area contributed by atoms with Crippen molar-refractivity contribution in [2.24, 2.45) is 0 Å². The predicted molar refractivity (Wildman–Crippen MR) is 68.5 cm³/mol. The van der Waals surface area contributed by atoms with E-state index in [9.17, 15) is 9.90 Å². The lowest BCUT2D eigenvalue weighted by atomic mass is 10.1. The SMILES string of the molecule is CCC(=O)c1ccccc1N1CCC(C)(O)C1. The zero-order valence-corrected chi connectivity index (χ0v) is 10.4. The number of anilines is 1. The number of hydrogen-bond acceptors (Lipinski definition) is 3. The second kappa shape index (κ2) is 4.49. The first-order valence-corrected chi connectivity index (χ1v) is 6.13. The summed E-state index contributed by atoms with van der Waals surface area (Å²) in [5.41, 5.74) is 1.09. The Balaban J connectivity index is 2.30. The van der Waals surface area contributed by atoms with Gasteiger partial charge in [0.05, 0.1) is 5.60 Å². The van der Waals surface area contributed by atoms with Crippen LogP contribution in [0.5, 0.6) is 0 Å². The van der Waals surface area contributed by atoms with Gasteiger partial charge in [-0.3, -0.25) is 4.79 Å². The number of rotatable bonds is 3. The quantitative estimate of drug-likeness (QED) is 0.814. The highest BCUT2D eigenvalue weighted by atomic mass is 16.3. The van der Waals surface area contributed by atoms with Crippen LogP contribution in [0.3, 0.4) is 0 Å². The fourth-order valence-electron chi connectivity index (χ4n) is 2.33. The third-order valence-electron chi connectivity index (χ3n) is 3.32. The van der Waals surface area contributed by atoms with Crippen LogP contribution < -0.4 is 4.90 Å². The Hall–Kier alpha value is -1.35. The van der Waals surface area contributed by atoms with Crippen LogP contribution in [0.2, 0.25) is 0 Å². The number of aliphatic hydroxyl groups is 1. The number of nitrogens with zero attached hydrogens (tertiary/aromatic N) is 1. The first-order chi connectivity index (χ1) is 8.03. The largest absolute Gasteiger partial charge is 0.388 e. The van der Waals surface area contributed by atoms with Crippen molar-refractivity contribution in [2.45, 2.75) is 32.3 Å². The molecule has 0 aliphatic carbocycles. The molecular weight excluding hydrogens is 214 g/mol. The summed E-state index contributed by atoms with van der Waals surface area (Å²) >= 11 is 0. The molecule has 1 atom stereocenters. The van der Waals surface area contributed by atoms with Crippen molar-refractivity contribution in [1.29, 1.82) is 0 Å². The van der Waals surface area contributed by atoms with Gasteiger partial charge in [0.2, 0.25) is 0 Å². The van der Waals surface area contributed by atoms with Crippen LogP contribution in [-0.4, -0.2) is 29.6 Å². The highest BCUT2D eigenvalue weighted by molar-refractivity contribution is 6.01. The van der Waals surface area contributed by atoms with Crippen molar-refractivity contribution < 1.29 is 9.90 Å². The van der Waals surface area contributed by atoms with Gasteiger partial charge in [-0.1, -0.05) is 19.1 Å². The second-order valence-corrected chi connectivity index (χ2v) is 4.96. The van der Waals surface area contributed by atoms with Crippen LogP contribution in [0, 0.1) is 0 Å². The number of β-amino-alcohol motifs (C(OH)–C–C–N with tert-alkyl or cyclic N) is 1. The van der Waals surface area contributed by atoms with Gasteiger partial charge in [-0.15, -0.1) is 0 Å². The summed E-state index contributed by atoms with van der Waals surface area (Å²) in [4.78, 5) is 14.0. The van der Waals surface area contributed by atoms with Crippen molar-refractivity contribution in [3.63, 3.8) is 0 Å². The summed E-state index contributed by atoms with van der Waals surface area (Å²) in [7, 11) is 0. The first-order valence-electron chi connectivity index (χ1n) is 6.13. The molecule has 2 rings (SSSR count). The molecule has 1 saturated heterocycles. The maximum Gasteiger partial charge on any atom is 0.164 e. The van der Waals surface area contributed by atoms with E-state index in [0.29, 0.717) is 13.0 Å². The lowest BCUT2D eigenvalue weighted by Gasteiger charge is -2.23. The highest BCUT2D eigenvalue weighted by Gasteiger charge is 2.32. The number of hydrogen-bond donors (Lipinski definition) is 1. The summed E-state index contributed by atoms with van der Waals surface area (Å²) in [6, 6.07) is 7.66. The fraction of sp³-hybridized carbons (Fsp3) is 0.500. The Morgan fingerprint density at radius 3 is 2.76 bits per heavy atom. The van der Waals surface area contributed by atoms with Gasteiger partial charge in [0.15, 0.2) is 5.78 Å². The molecule has 1 heterocycles. The van der Waals surface area contributed by atoms with E-state index in [1.165, 1.54) is 0 Å². The Bertz CT molecular complexity index is 426. The van der Waals surface area contributed by atoms with Gasteiger partial charge in [-0.2, -0.15) is 0 Å². The predicted octanol–water partition coefficient (Wildman–Crippen LogP) is 2.24. The molecule has 92 valence electrons. The second-order valence-electron chi connectivity index (χ2n) is 4.96. The van der Waals surface area contributed by atoms with E-state index in [1.807, 2.05) is 38.1 Å². The molecule has 1 aromatic rings. The van der Waals surface area contributed by atoms with E-state index in [-0.39, 0.29) is 5.78 Å². The van der Waals surface area contributed by atoms with Gasteiger partial charge in [0.1, 0.15) is 0 Å². The van der Waals surface area contributed by atoms with Crippen molar-refractivity contribution in [1.82, 2.24) is 0 Å². The Kier molecular flexibility index (Phi) is 3.20. The molecule has 0 saturated carbocycles. The van der Waals surface area contributed by atoms with E-state index in [0.717, 1.165) is 24.2 Å². The van der Waals surface area contributed by atoms with Gasteiger partial charge in [-0.05, 0) is 25.5 Å². The van der Waals surface area contributed by atoms with Crippen molar-refractivity contribution in [3.05, 3.63) is 29.8 Å². The van der Waals surface area contributed by atoms with E-state index < -0.39 is 5.60 Å². The van der Waals surface area contributed by atoms with Gasteiger partial charge in [-0.25, -0.2) is 0 Å². The smallest absolute Gasteiger partial charge is 0.164 e. The molecule has 3 heteroatoms. The lowest BCUT2D eigenvalue weighted by Crippen LogP contribution is -2.30. The van der Waals surface area contributed by atoms with Crippen LogP contribution in [0.15, 0.2) is 24.3 Å². The molecule has 1 fully saturated rings. The maximum atomic E-state index is 11.9. The van der Waals surface area contributed by atoms with E-state index in [1.54, 1.807) is 0 Å². The highest BCUT2D eigenvalue weighted by Crippen LogP contribution is 2.29. The van der Waals surface area contributed by atoms with Gasteiger partial charge in [0.25, 0.3) is 0 Å². The summed E-state index contributed by atoms with van der Waals surface area (Å²) < 4.78 is 0. The number of benzene rings is 1. The molecule has 0 amide bonds. The number of Topliss-reactive ketones (excluding diaryl/α,β-unsaturated/α-hetero) is 1. The molecule has 0 aromatic heterocycles. The Morgan fingerprint density at radius 2 is 2.18 bits per heavy atom. The fourth-order valence-corrected chi connectivity index (χ4v) is 2.33. The molecule has 0 bridgehead atoms. The zero-order valence-electron chi connectivity index (χ0n) is 10.4. The molecule has 1 aliphatic heterocycles. The average Bonchev–Trinajstić information content (AvgIpc) is 2.68. The topological polar surface area (TPSA) is 40.5 Å². The van der Waals surface area contributed by atoms with Crippen molar-refractivity contribution in [3.8, 4) is 0 Å². The van der Waals surface area contributed by atoms with Crippen LogP contribution >= 0.6 is 0 Å². The van der Waals surface area contributed by atoms with Crippen LogP contribution in [0.25, 0.3) is 0 Å². The van der Waals surface area contributed by atoms with Gasteiger partial charge < -0.3 is 10.0 Å². The molecule has 0 radical (unpaired) electrons. The minimum absolute atomic E-state index is 0.159. The summed E-state index contributed by atoms with van der Waals surface area (Å²) in [5.74, 6) is 0.159. The van der Waals surface area contributed by atoms with Crippen LogP contribution in [0.4, 0.5) is 5.69 Å². The van der Waals surface area contributed by atoms with Crippen molar-refractivity contribution >= 4 is 11.5 Å². The zero-order chi connectivity index (χ0) is 12.5. The summed E-state index contributed by atoms with van der Waals surface area (Å²) in [5, 5.41) is 9.99. The normalized spacial score (nSPS) is 24.1. The molecule has 1 unspecified atom stereocenters. The Labute approximate surface area is 102 Å². The van der Waals surface area contributed by atoms with Crippen LogP contribution in [0.1, 0.15) is 37.0 Å². The summed E-state index contributed by atoms with van der Waals surface area (Å²) in [6.07, 6.45) is 1.27. The van der Waals surface area contributed by atoms with Gasteiger partial charge in [0, 0.05) is 30.8 Å². The summed E-state index contributed by atoms with van der Waals surface area (Å²) in [6.45, 7) is 5.12. The maximum absolute atomic E-state index is 11.9. The van der Waals surface area contributed by atoms with E-state index >= 15 is 0 Å². The van der Waals surface area contributed by atoms with Gasteiger partial charge >= 0.3 is 0 Å². The molecule has 3 nitrogen and oxygen atoms in total. The molecular formula is C14H19NO2. The Morgan fingerprint density at radius 1 is 1.47 bits per heavy atom. The van der Waals surface area contributed by atoms with Crippen LogP contribution in [-0.2, 0) is 0 Å². The number of ketones is 1. The lowest BCUT2D eigenvalue weighted by molar-refractivity contribution is 0.0838. The number of carbonyl (C=O) groups excluding carboxylic acids is 1. The van der Waals surface area contributed by atoms with E-state index in [4.69, 9.17) is 0 Å². The minimum atomic E-state index is -0.637. The van der Waals surface area contributed by atoms with Crippen molar-refractivity contribution in [2.75, 3.05) is 18.0 Å². The molecule has 1 aliphatic rings.